The lowest BCUT2D eigenvalue weighted by Crippen LogP contribution is -2.15. The van der Waals surface area contributed by atoms with Crippen molar-refractivity contribution in [3.63, 3.8) is 0 Å². The standard InChI is InChI=1S/C13H20O4/c1-10(7-8-15-2)17-13-11(9-14)5-4-6-12(13)16-3/h4-6,10,14H,7-9H2,1-3H3. The van der Waals surface area contributed by atoms with E-state index in [0.29, 0.717) is 18.1 Å². The first kappa shape index (κ1) is 13.8. The summed E-state index contributed by atoms with van der Waals surface area (Å²) in [6, 6.07) is 5.47. The van der Waals surface area contributed by atoms with E-state index in [4.69, 9.17) is 14.2 Å². The smallest absolute Gasteiger partial charge is 0.167 e. The van der Waals surface area contributed by atoms with Crippen LogP contribution in [-0.4, -0.2) is 32.0 Å². The first-order chi connectivity index (χ1) is 8.22. The van der Waals surface area contributed by atoms with Crippen molar-refractivity contribution in [2.75, 3.05) is 20.8 Å². The largest absolute Gasteiger partial charge is 0.493 e. The fraction of sp³-hybridized carbons (Fsp3) is 0.538. The Morgan fingerprint density at radius 1 is 1.29 bits per heavy atom. The third-order valence-electron chi connectivity index (χ3n) is 2.50. The summed E-state index contributed by atoms with van der Waals surface area (Å²) in [5.41, 5.74) is 0.730. The van der Waals surface area contributed by atoms with Crippen LogP contribution in [-0.2, 0) is 11.3 Å². The zero-order valence-corrected chi connectivity index (χ0v) is 10.6. The molecule has 1 unspecified atom stereocenters. The molecule has 0 saturated heterocycles. The molecule has 17 heavy (non-hydrogen) atoms. The van der Waals surface area contributed by atoms with Crippen molar-refractivity contribution in [3.05, 3.63) is 23.8 Å². The Bertz CT molecular complexity index is 316. The quantitative estimate of drug-likeness (QED) is 0.791. The molecule has 1 rings (SSSR count). The molecule has 1 atom stereocenters. The molecule has 0 bridgehead atoms. The van der Waals surface area contributed by atoms with Gasteiger partial charge in [-0.1, -0.05) is 12.1 Å². The Balaban J connectivity index is 2.80. The molecule has 0 aromatic heterocycles. The van der Waals surface area contributed by atoms with E-state index in [1.165, 1.54) is 0 Å². The summed E-state index contributed by atoms with van der Waals surface area (Å²) in [5, 5.41) is 9.27. The van der Waals surface area contributed by atoms with E-state index in [9.17, 15) is 5.11 Å². The molecule has 0 heterocycles. The second kappa shape index (κ2) is 7.14. The van der Waals surface area contributed by atoms with Crippen LogP contribution in [0.1, 0.15) is 18.9 Å². The van der Waals surface area contributed by atoms with E-state index in [1.54, 1.807) is 14.2 Å². The lowest BCUT2D eigenvalue weighted by molar-refractivity contribution is 0.130. The van der Waals surface area contributed by atoms with Crippen LogP contribution < -0.4 is 9.47 Å². The number of aliphatic hydroxyl groups is 1. The van der Waals surface area contributed by atoms with Gasteiger partial charge in [-0.3, -0.25) is 0 Å². The molecular formula is C13H20O4. The molecule has 0 amide bonds. The Kier molecular flexibility index (Phi) is 5.80. The number of rotatable bonds is 7. The zero-order chi connectivity index (χ0) is 12.7. The van der Waals surface area contributed by atoms with E-state index < -0.39 is 0 Å². The lowest BCUT2D eigenvalue weighted by atomic mass is 10.2. The topological polar surface area (TPSA) is 47.9 Å². The highest BCUT2D eigenvalue weighted by Gasteiger charge is 2.13. The lowest BCUT2D eigenvalue weighted by Gasteiger charge is -2.18. The fourth-order valence-electron chi connectivity index (χ4n) is 1.52. The average Bonchev–Trinajstić information content (AvgIpc) is 2.36. The molecule has 0 radical (unpaired) electrons. The van der Waals surface area contributed by atoms with Crippen molar-refractivity contribution >= 4 is 0 Å². The summed E-state index contributed by atoms with van der Waals surface area (Å²) < 4.78 is 16.0. The summed E-state index contributed by atoms with van der Waals surface area (Å²) >= 11 is 0. The van der Waals surface area contributed by atoms with Gasteiger partial charge in [0.2, 0.25) is 0 Å². The van der Waals surface area contributed by atoms with Crippen LogP contribution in [0.4, 0.5) is 0 Å². The van der Waals surface area contributed by atoms with Crippen molar-refractivity contribution in [1.82, 2.24) is 0 Å². The highest BCUT2D eigenvalue weighted by Crippen LogP contribution is 2.32. The van der Waals surface area contributed by atoms with Crippen molar-refractivity contribution in [1.29, 1.82) is 0 Å². The van der Waals surface area contributed by atoms with Gasteiger partial charge in [-0.2, -0.15) is 0 Å². The van der Waals surface area contributed by atoms with Gasteiger partial charge in [0.1, 0.15) is 0 Å². The molecule has 0 aliphatic heterocycles. The molecule has 4 nitrogen and oxygen atoms in total. The number of para-hydroxylation sites is 1. The van der Waals surface area contributed by atoms with Crippen molar-refractivity contribution in [3.8, 4) is 11.5 Å². The molecule has 4 heteroatoms. The van der Waals surface area contributed by atoms with Crippen LogP contribution in [0.3, 0.4) is 0 Å². The van der Waals surface area contributed by atoms with Gasteiger partial charge in [-0.05, 0) is 13.0 Å². The Morgan fingerprint density at radius 3 is 2.65 bits per heavy atom. The summed E-state index contributed by atoms with van der Waals surface area (Å²) in [5.74, 6) is 1.25. The van der Waals surface area contributed by atoms with Crippen LogP contribution in [0.5, 0.6) is 11.5 Å². The molecule has 0 aliphatic carbocycles. The normalized spacial score (nSPS) is 12.2. The van der Waals surface area contributed by atoms with Crippen molar-refractivity contribution in [2.45, 2.75) is 26.1 Å². The third-order valence-corrected chi connectivity index (χ3v) is 2.50. The fourth-order valence-corrected chi connectivity index (χ4v) is 1.52. The molecule has 1 aromatic rings. The van der Waals surface area contributed by atoms with E-state index in [-0.39, 0.29) is 12.7 Å². The number of methoxy groups -OCH3 is 2. The van der Waals surface area contributed by atoms with Gasteiger partial charge in [0.15, 0.2) is 11.5 Å². The van der Waals surface area contributed by atoms with E-state index in [2.05, 4.69) is 0 Å². The summed E-state index contributed by atoms with van der Waals surface area (Å²) in [4.78, 5) is 0. The van der Waals surface area contributed by atoms with Gasteiger partial charge < -0.3 is 19.3 Å². The molecule has 1 aromatic carbocycles. The van der Waals surface area contributed by atoms with Crippen molar-refractivity contribution in [2.24, 2.45) is 0 Å². The molecule has 0 saturated carbocycles. The van der Waals surface area contributed by atoms with Crippen LogP contribution in [0.2, 0.25) is 0 Å². The zero-order valence-electron chi connectivity index (χ0n) is 10.6. The Hall–Kier alpha value is -1.26. The minimum atomic E-state index is -0.0659. The minimum absolute atomic E-state index is 0.0107. The number of ether oxygens (including phenoxy) is 3. The summed E-state index contributed by atoms with van der Waals surface area (Å²) in [6.45, 7) is 2.54. The monoisotopic (exact) mass is 240 g/mol. The SMILES string of the molecule is COCCC(C)Oc1c(CO)cccc1OC. The van der Waals surface area contributed by atoms with Gasteiger partial charge in [-0.15, -0.1) is 0 Å². The maximum atomic E-state index is 9.27. The van der Waals surface area contributed by atoms with Crippen molar-refractivity contribution < 1.29 is 19.3 Å². The van der Waals surface area contributed by atoms with Crippen LogP contribution in [0, 0.1) is 0 Å². The van der Waals surface area contributed by atoms with Gasteiger partial charge in [0.25, 0.3) is 0 Å². The van der Waals surface area contributed by atoms with E-state index in [0.717, 1.165) is 12.0 Å². The van der Waals surface area contributed by atoms with Crippen LogP contribution in [0.25, 0.3) is 0 Å². The average molecular weight is 240 g/mol. The highest BCUT2D eigenvalue weighted by atomic mass is 16.5. The van der Waals surface area contributed by atoms with Crippen LogP contribution >= 0.6 is 0 Å². The third kappa shape index (κ3) is 3.91. The minimum Gasteiger partial charge on any atom is -0.493 e. The molecular weight excluding hydrogens is 220 g/mol. The Morgan fingerprint density at radius 2 is 2.06 bits per heavy atom. The number of benzene rings is 1. The molecule has 96 valence electrons. The first-order valence-electron chi connectivity index (χ1n) is 5.65. The number of hydrogen-bond acceptors (Lipinski definition) is 4. The molecule has 0 spiro atoms. The maximum Gasteiger partial charge on any atom is 0.167 e. The van der Waals surface area contributed by atoms with E-state index >= 15 is 0 Å². The van der Waals surface area contributed by atoms with E-state index in [1.807, 2.05) is 25.1 Å². The predicted octanol–water partition coefficient (Wildman–Crippen LogP) is 1.99. The molecule has 0 fully saturated rings. The second-order valence-electron chi connectivity index (χ2n) is 3.82. The summed E-state index contributed by atoms with van der Waals surface area (Å²) in [7, 11) is 3.25. The molecule has 1 N–H and O–H groups in total. The Labute approximate surface area is 102 Å². The maximum absolute atomic E-state index is 9.27. The van der Waals surface area contributed by atoms with Gasteiger partial charge in [-0.25, -0.2) is 0 Å². The van der Waals surface area contributed by atoms with Crippen LogP contribution in [0.15, 0.2) is 18.2 Å². The number of aliphatic hydroxyl groups excluding tert-OH is 1. The second-order valence-corrected chi connectivity index (χ2v) is 3.82. The van der Waals surface area contributed by atoms with Gasteiger partial charge in [0, 0.05) is 25.7 Å². The predicted molar refractivity (Wildman–Crippen MR) is 65.5 cm³/mol. The van der Waals surface area contributed by atoms with Gasteiger partial charge >= 0.3 is 0 Å². The number of hydrogen-bond donors (Lipinski definition) is 1. The first-order valence-corrected chi connectivity index (χ1v) is 5.65. The molecule has 0 aliphatic rings. The summed E-state index contributed by atoms with van der Waals surface area (Å²) in [6.07, 6.45) is 0.802. The highest BCUT2D eigenvalue weighted by molar-refractivity contribution is 5.46. The van der Waals surface area contributed by atoms with Gasteiger partial charge in [0.05, 0.1) is 19.8 Å².